The maximum Gasteiger partial charge on any atom is 0.268 e. The van der Waals surface area contributed by atoms with Gasteiger partial charge in [-0.15, -0.1) is 12.4 Å². The Hall–Kier alpha value is -1.64. The summed E-state index contributed by atoms with van der Waals surface area (Å²) in [4.78, 5) is 24.5. The van der Waals surface area contributed by atoms with Crippen molar-refractivity contribution in [2.24, 2.45) is 11.7 Å². The predicted molar refractivity (Wildman–Crippen MR) is 95.2 cm³/mol. The van der Waals surface area contributed by atoms with E-state index in [9.17, 15) is 18.0 Å². The first-order valence-corrected chi connectivity index (χ1v) is 9.56. The van der Waals surface area contributed by atoms with E-state index in [2.05, 4.69) is 5.32 Å². The second kappa shape index (κ2) is 7.31. The summed E-state index contributed by atoms with van der Waals surface area (Å²) in [5.41, 5.74) is 6.08. The largest absolute Gasteiger partial charge is 0.349 e. The molecule has 0 aromatic heterocycles. The summed E-state index contributed by atoms with van der Waals surface area (Å²) >= 11 is 0. The fourth-order valence-corrected chi connectivity index (χ4v) is 5.09. The average molecular weight is 388 g/mol. The van der Waals surface area contributed by atoms with Gasteiger partial charge in [-0.2, -0.15) is 0 Å². The van der Waals surface area contributed by atoms with Crippen LogP contribution in [0, 0.1) is 5.92 Å². The van der Waals surface area contributed by atoms with Crippen LogP contribution in [-0.2, 0) is 10.0 Å². The lowest BCUT2D eigenvalue weighted by atomic mass is 10.0. The number of sulfonamides is 1. The van der Waals surface area contributed by atoms with Crippen molar-refractivity contribution in [2.45, 2.75) is 37.1 Å². The summed E-state index contributed by atoms with van der Waals surface area (Å²) in [5, 5.41) is 2.94. The number of halogens is 1. The molecular formula is C16H22ClN3O4S. The highest BCUT2D eigenvalue weighted by Gasteiger charge is 2.40. The van der Waals surface area contributed by atoms with Crippen molar-refractivity contribution >= 4 is 34.2 Å². The number of nitrogens with two attached hydrogens (primary N) is 1. The topological polar surface area (TPSA) is 110 Å². The van der Waals surface area contributed by atoms with Crippen LogP contribution in [0.25, 0.3) is 0 Å². The maximum atomic E-state index is 12.5. The highest BCUT2D eigenvalue weighted by molar-refractivity contribution is 7.90. The number of hydrogen-bond acceptors (Lipinski definition) is 5. The molecule has 2 amide bonds. The minimum atomic E-state index is -3.86. The molecule has 2 atom stereocenters. The minimum Gasteiger partial charge on any atom is -0.349 e. The molecule has 2 aliphatic rings. The molecule has 138 valence electrons. The Morgan fingerprint density at radius 3 is 2.72 bits per heavy atom. The molecule has 25 heavy (non-hydrogen) atoms. The van der Waals surface area contributed by atoms with E-state index in [1.807, 2.05) is 0 Å². The van der Waals surface area contributed by atoms with Gasteiger partial charge in [-0.1, -0.05) is 6.42 Å². The first kappa shape index (κ1) is 19.7. The Kier molecular flexibility index (Phi) is 5.75. The van der Waals surface area contributed by atoms with E-state index in [1.54, 1.807) is 6.92 Å². The molecule has 7 nitrogen and oxygen atoms in total. The van der Waals surface area contributed by atoms with E-state index in [4.69, 9.17) is 5.73 Å². The Morgan fingerprint density at radius 2 is 2.08 bits per heavy atom. The molecule has 0 saturated heterocycles. The number of rotatable bonds is 4. The lowest BCUT2D eigenvalue weighted by Gasteiger charge is -2.19. The Bertz CT molecular complexity index is 797. The van der Waals surface area contributed by atoms with E-state index in [1.165, 1.54) is 18.2 Å². The predicted octanol–water partition coefficient (Wildman–Crippen LogP) is 1.13. The molecule has 1 aliphatic carbocycles. The van der Waals surface area contributed by atoms with Crippen LogP contribution >= 0.6 is 12.4 Å². The van der Waals surface area contributed by atoms with E-state index < -0.39 is 15.9 Å². The summed E-state index contributed by atoms with van der Waals surface area (Å²) in [7, 11) is -3.86. The van der Waals surface area contributed by atoms with Crippen LogP contribution in [0.3, 0.4) is 0 Å². The van der Waals surface area contributed by atoms with Crippen molar-refractivity contribution in [3.63, 3.8) is 0 Å². The number of hydrogen-bond donors (Lipinski definition) is 2. The van der Waals surface area contributed by atoms with Gasteiger partial charge in [0.2, 0.25) is 0 Å². The molecule has 1 saturated carbocycles. The first-order chi connectivity index (χ1) is 11.4. The third-order valence-electron chi connectivity index (χ3n) is 4.83. The maximum absolute atomic E-state index is 12.5. The molecular weight excluding hydrogens is 366 g/mol. The molecule has 1 heterocycles. The Balaban J connectivity index is 0.00000225. The van der Waals surface area contributed by atoms with Gasteiger partial charge >= 0.3 is 0 Å². The van der Waals surface area contributed by atoms with Crippen LogP contribution in [0.5, 0.6) is 0 Å². The molecule has 9 heteroatoms. The fourth-order valence-electron chi connectivity index (χ4n) is 3.49. The summed E-state index contributed by atoms with van der Waals surface area (Å²) in [5.74, 6) is -0.622. The number of nitrogens with one attached hydrogen (secondary N) is 1. The molecule has 1 fully saturated rings. The number of fused-ring (bicyclic) bond motifs is 1. The zero-order valence-electron chi connectivity index (χ0n) is 13.9. The summed E-state index contributed by atoms with van der Waals surface area (Å²) in [6, 6.07) is 4.21. The molecule has 0 radical (unpaired) electrons. The zero-order chi connectivity index (χ0) is 17.5. The van der Waals surface area contributed by atoms with Crippen LogP contribution in [0.1, 0.15) is 46.9 Å². The van der Waals surface area contributed by atoms with Crippen molar-refractivity contribution in [3.8, 4) is 0 Å². The van der Waals surface area contributed by atoms with Gasteiger partial charge in [0.25, 0.3) is 21.8 Å². The zero-order valence-corrected chi connectivity index (χ0v) is 15.5. The van der Waals surface area contributed by atoms with Gasteiger partial charge < -0.3 is 11.1 Å². The summed E-state index contributed by atoms with van der Waals surface area (Å²) < 4.78 is 25.6. The molecule has 2 unspecified atom stereocenters. The van der Waals surface area contributed by atoms with Gasteiger partial charge in [-0.05, 0) is 50.4 Å². The van der Waals surface area contributed by atoms with Crippen LogP contribution in [0.4, 0.5) is 0 Å². The molecule has 3 rings (SSSR count). The average Bonchev–Trinajstić information content (AvgIpc) is 3.08. The van der Waals surface area contributed by atoms with Gasteiger partial charge in [-0.25, -0.2) is 12.7 Å². The second-order valence-corrected chi connectivity index (χ2v) is 8.02. The molecule has 0 bridgehead atoms. The van der Waals surface area contributed by atoms with Gasteiger partial charge in [0, 0.05) is 18.2 Å². The smallest absolute Gasteiger partial charge is 0.268 e. The minimum absolute atomic E-state index is 0. The summed E-state index contributed by atoms with van der Waals surface area (Å²) in [6.07, 6.45) is 2.88. The van der Waals surface area contributed by atoms with Crippen molar-refractivity contribution in [1.82, 2.24) is 9.62 Å². The van der Waals surface area contributed by atoms with Gasteiger partial charge in [0.05, 0.1) is 5.56 Å². The van der Waals surface area contributed by atoms with Crippen LogP contribution in [0.15, 0.2) is 23.1 Å². The Morgan fingerprint density at radius 1 is 1.36 bits per heavy atom. The number of carbonyl (C=O) groups is 2. The third-order valence-corrected chi connectivity index (χ3v) is 6.73. The van der Waals surface area contributed by atoms with Crippen molar-refractivity contribution in [1.29, 1.82) is 0 Å². The highest BCUT2D eigenvalue weighted by atomic mass is 35.5. The van der Waals surface area contributed by atoms with Gasteiger partial charge in [0.15, 0.2) is 0 Å². The van der Waals surface area contributed by atoms with Crippen molar-refractivity contribution in [3.05, 3.63) is 29.3 Å². The number of carbonyl (C=O) groups excluding carboxylic acids is 2. The lowest BCUT2D eigenvalue weighted by Crippen LogP contribution is -2.39. The second-order valence-electron chi connectivity index (χ2n) is 6.19. The van der Waals surface area contributed by atoms with Crippen LogP contribution < -0.4 is 11.1 Å². The van der Waals surface area contributed by atoms with E-state index >= 15 is 0 Å². The van der Waals surface area contributed by atoms with Crippen LogP contribution in [-0.4, -0.2) is 43.7 Å². The first-order valence-electron chi connectivity index (χ1n) is 8.12. The number of benzene rings is 1. The quantitative estimate of drug-likeness (QED) is 0.804. The number of amides is 2. The van der Waals surface area contributed by atoms with E-state index in [0.717, 1.165) is 23.6 Å². The summed E-state index contributed by atoms with van der Waals surface area (Å²) in [6.45, 7) is 2.18. The van der Waals surface area contributed by atoms with Crippen molar-refractivity contribution < 1.29 is 18.0 Å². The van der Waals surface area contributed by atoms with E-state index in [-0.39, 0.29) is 52.8 Å². The Labute approximate surface area is 153 Å². The molecule has 0 spiro atoms. The monoisotopic (exact) mass is 387 g/mol. The fraction of sp³-hybridized carbons (Fsp3) is 0.500. The van der Waals surface area contributed by atoms with Crippen molar-refractivity contribution in [2.75, 3.05) is 13.1 Å². The SMILES string of the molecule is CCN1C(=O)c2ccc(C(=O)NC3CCCC3CN)cc2S1(=O)=O.Cl. The van der Waals surface area contributed by atoms with E-state index in [0.29, 0.717) is 6.54 Å². The number of nitrogens with zero attached hydrogens (tertiary/aromatic N) is 1. The molecule has 3 N–H and O–H groups in total. The molecule has 1 aromatic rings. The highest BCUT2D eigenvalue weighted by Crippen LogP contribution is 2.31. The normalized spacial score (nSPS) is 23.9. The molecule has 1 aliphatic heterocycles. The standard InChI is InChI=1S/C16H21N3O4S.ClH/c1-2-19-16(21)12-7-6-10(8-14(12)24(19,22)23)15(20)18-13-5-3-4-11(13)9-17;/h6-8,11,13H,2-5,9,17H2,1H3,(H,18,20);1H. The molecule has 1 aromatic carbocycles. The van der Waals surface area contributed by atoms with Crippen LogP contribution in [0.2, 0.25) is 0 Å². The third kappa shape index (κ3) is 3.26. The van der Waals surface area contributed by atoms with Gasteiger partial charge in [0.1, 0.15) is 4.90 Å². The van der Waals surface area contributed by atoms with Gasteiger partial charge in [-0.3, -0.25) is 9.59 Å². The lowest BCUT2D eigenvalue weighted by molar-refractivity contribution is 0.0873.